The van der Waals surface area contributed by atoms with Crippen LogP contribution in [0.2, 0.25) is 0 Å². The number of hydrogen-bond donors (Lipinski definition) is 0. The normalized spacial score (nSPS) is 16.1. The van der Waals surface area contributed by atoms with Gasteiger partial charge in [0, 0.05) is 48.3 Å². The van der Waals surface area contributed by atoms with Crippen LogP contribution in [0, 0.1) is 6.92 Å². The first-order valence-electron chi connectivity index (χ1n) is 12.2. The summed E-state index contributed by atoms with van der Waals surface area (Å²) in [5.74, 6) is 0.835. The van der Waals surface area contributed by atoms with Gasteiger partial charge in [0.15, 0.2) is 5.69 Å². The molecule has 1 aliphatic rings. The molecule has 1 fully saturated rings. The minimum absolute atomic E-state index is 0.0234. The van der Waals surface area contributed by atoms with Gasteiger partial charge in [0.05, 0.1) is 5.69 Å². The van der Waals surface area contributed by atoms with Gasteiger partial charge in [-0.15, -0.1) is 0 Å². The molecule has 1 amide bonds. The standard InChI is InChI=1S/C28H32N4O2/c1-5-31(6-2)21-15-16-32(18-21)28(33)26-19(3)27(30(4)29-26)23-13-9-8-12-22(23)25-17-20-11-7-10-14-24(20)34-25/h7-14,17,21H,5-6,15-16,18H2,1-4H3. The number of fused-ring (bicyclic) bond motifs is 1. The number of benzene rings is 2. The molecule has 0 saturated carbocycles. The maximum Gasteiger partial charge on any atom is 0.274 e. The molecule has 6 nitrogen and oxygen atoms in total. The minimum Gasteiger partial charge on any atom is -0.456 e. The van der Waals surface area contributed by atoms with Crippen LogP contribution in [0.1, 0.15) is 36.3 Å². The molecule has 0 radical (unpaired) electrons. The molecule has 0 aliphatic carbocycles. The summed E-state index contributed by atoms with van der Waals surface area (Å²) in [4.78, 5) is 17.9. The zero-order valence-electron chi connectivity index (χ0n) is 20.4. The van der Waals surface area contributed by atoms with Gasteiger partial charge in [-0.25, -0.2) is 0 Å². The second-order valence-electron chi connectivity index (χ2n) is 9.05. The quantitative estimate of drug-likeness (QED) is 0.392. The molecule has 1 unspecified atom stereocenters. The lowest BCUT2D eigenvalue weighted by atomic mass is 9.99. The summed E-state index contributed by atoms with van der Waals surface area (Å²) < 4.78 is 8.01. The van der Waals surface area contributed by atoms with Crippen molar-refractivity contribution in [2.24, 2.45) is 7.05 Å². The fourth-order valence-corrected chi connectivity index (χ4v) is 5.34. The molecule has 0 spiro atoms. The van der Waals surface area contributed by atoms with Crippen molar-refractivity contribution in [3.05, 3.63) is 65.9 Å². The Labute approximate surface area is 200 Å². The smallest absolute Gasteiger partial charge is 0.274 e. The number of hydrogen-bond acceptors (Lipinski definition) is 4. The summed E-state index contributed by atoms with van der Waals surface area (Å²) in [6, 6.07) is 18.7. The van der Waals surface area contributed by atoms with Gasteiger partial charge in [-0.05, 0) is 38.6 Å². The van der Waals surface area contributed by atoms with Crippen molar-refractivity contribution in [1.29, 1.82) is 0 Å². The highest BCUT2D eigenvalue weighted by Crippen LogP contribution is 2.37. The number of aromatic nitrogens is 2. The average Bonchev–Trinajstić information content (AvgIpc) is 3.57. The average molecular weight is 457 g/mol. The van der Waals surface area contributed by atoms with Gasteiger partial charge in [0.2, 0.25) is 0 Å². The van der Waals surface area contributed by atoms with E-state index in [-0.39, 0.29) is 5.91 Å². The largest absolute Gasteiger partial charge is 0.456 e. The van der Waals surface area contributed by atoms with E-state index in [1.165, 1.54) is 0 Å². The van der Waals surface area contributed by atoms with E-state index in [1.54, 1.807) is 0 Å². The number of nitrogens with zero attached hydrogens (tertiary/aromatic N) is 4. The number of furan rings is 1. The van der Waals surface area contributed by atoms with Gasteiger partial charge in [-0.3, -0.25) is 14.4 Å². The number of rotatable bonds is 6. The molecule has 4 aromatic rings. The van der Waals surface area contributed by atoms with E-state index in [1.807, 2.05) is 53.9 Å². The molecule has 3 heterocycles. The van der Waals surface area contributed by atoms with Crippen LogP contribution in [0.25, 0.3) is 33.6 Å². The van der Waals surface area contributed by atoms with Gasteiger partial charge in [0.25, 0.3) is 5.91 Å². The van der Waals surface area contributed by atoms with Crippen molar-refractivity contribution in [1.82, 2.24) is 19.6 Å². The number of likely N-dealkylation sites (N-methyl/N-ethyl adjacent to an activating group) is 1. The van der Waals surface area contributed by atoms with Crippen LogP contribution in [0.3, 0.4) is 0 Å². The molecule has 2 aromatic carbocycles. The predicted octanol–water partition coefficient (Wildman–Crippen LogP) is 5.37. The Bertz CT molecular complexity index is 1300. The van der Waals surface area contributed by atoms with Crippen molar-refractivity contribution in [3.63, 3.8) is 0 Å². The molecule has 34 heavy (non-hydrogen) atoms. The van der Waals surface area contributed by atoms with E-state index in [4.69, 9.17) is 9.52 Å². The Kier molecular flexibility index (Phi) is 6.00. The van der Waals surface area contributed by atoms with Crippen LogP contribution >= 0.6 is 0 Å². The number of aryl methyl sites for hydroxylation is 1. The van der Waals surface area contributed by atoms with E-state index >= 15 is 0 Å². The molecule has 176 valence electrons. The first-order chi connectivity index (χ1) is 16.5. The number of carbonyl (C=O) groups excluding carboxylic acids is 1. The predicted molar refractivity (Wildman–Crippen MR) is 136 cm³/mol. The Balaban J connectivity index is 1.49. The van der Waals surface area contributed by atoms with Gasteiger partial charge >= 0.3 is 0 Å². The third-order valence-electron chi connectivity index (χ3n) is 7.14. The summed E-state index contributed by atoms with van der Waals surface area (Å²) in [5.41, 5.74) is 5.25. The van der Waals surface area contributed by atoms with Crippen molar-refractivity contribution in [2.75, 3.05) is 26.2 Å². The highest BCUT2D eigenvalue weighted by atomic mass is 16.3. The molecule has 0 bridgehead atoms. The van der Waals surface area contributed by atoms with E-state index in [2.05, 4.69) is 43.0 Å². The van der Waals surface area contributed by atoms with Gasteiger partial charge in [-0.2, -0.15) is 5.10 Å². The molecule has 6 heteroatoms. The Morgan fingerprint density at radius 1 is 1.09 bits per heavy atom. The molecule has 1 atom stereocenters. The molecule has 5 rings (SSSR count). The van der Waals surface area contributed by atoms with Gasteiger partial charge in [0.1, 0.15) is 11.3 Å². The maximum absolute atomic E-state index is 13.5. The second-order valence-corrected chi connectivity index (χ2v) is 9.05. The summed E-state index contributed by atoms with van der Waals surface area (Å²) in [7, 11) is 1.91. The summed E-state index contributed by atoms with van der Waals surface area (Å²) >= 11 is 0. The molecule has 0 N–H and O–H groups in total. The van der Waals surface area contributed by atoms with Crippen molar-refractivity contribution < 1.29 is 9.21 Å². The van der Waals surface area contributed by atoms with E-state index in [0.29, 0.717) is 11.7 Å². The van der Waals surface area contributed by atoms with Crippen LogP contribution in [0.15, 0.2) is 59.0 Å². The lowest BCUT2D eigenvalue weighted by Crippen LogP contribution is -2.38. The van der Waals surface area contributed by atoms with Crippen molar-refractivity contribution >= 4 is 16.9 Å². The first-order valence-corrected chi connectivity index (χ1v) is 12.2. The molecule has 1 saturated heterocycles. The topological polar surface area (TPSA) is 54.5 Å². The summed E-state index contributed by atoms with van der Waals surface area (Å²) in [6.07, 6.45) is 1.01. The fraction of sp³-hybridized carbons (Fsp3) is 0.357. The Hall–Kier alpha value is -3.38. The first kappa shape index (κ1) is 22.4. The van der Waals surface area contributed by atoms with Gasteiger partial charge < -0.3 is 9.32 Å². The number of likely N-dealkylation sites (tertiary alicyclic amines) is 1. The van der Waals surface area contributed by atoms with Crippen molar-refractivity contribution in [2.45, 2.75) is 33.2 Å². The zero-order chi connectivity index (χ0) is 23.8. The van der Waals surface area contributed by atoms with Crippen molar-refractivity contribution in [3.8, 4) is 22.6 Å². The second kappa shape index (κ2) is 9.11. The van der Waals surface area contributed by atoms with Crippen LogP contribution in [0.4, 0.5) is 0 Å². The summed E-state index contributed by atoms with van der Waals surface area (Å²) in [6.45, 7) is 9.93. The van der Waals surface area contributed by atoms with E-state index < -0.39 is 0 Å². The van der Waals surface area contributed by atoms with E-state index in [9.17, 15) is 4.79 Å². The Morgan fingerprint density at radius 3 is 2.53 bits per heavy atom. The third-order valence-corrected chi connectivity index (χ3v) is 7.14. The summed E-state index contributed by atoms with van der Waals surface area (Å²) in [5, 5.41) is 5.77. The number of carbonyl (C=O) groups is 1. The van der Waals surface area contributed by atoms with Crippen LogP contribution in [0.5, 0.6) is 0 Å². The van der Waals surface area contributed by atoms with Gasteiger partial charge in [-0.1, -0.05) is 56.3 Å². The highest BCUT2D eigenvalue weighted by Gasteiger charge is 2.32. The minimum atomic E-state index is 0.0234. The number of para-hydroxylation sites is 1. The fourth-order valence-electron chi connectivity index (χ4n) is 5.34. The molecular formula is C28H32N4O2. The third kappa shape index (κ3) is 3.82. The van der Waals surface area contributed by atoms with E-state index in [0.717, 1.165) is 71.7 Å². The Morgan fingerprint density at radius 2 is 1.79 bits per heavy atom. The van der Waals surface area contributed by atoms with Crippen LogP contribution in [-0.2, 0) is 7.05 Å². The maximum atomic E-state index is 13.5. The lowest BCUT2D eigenvalue weighted by molar-refractivity contribution is 0.0770. The molecule has 1 aliphatic heterocycles. The molecular weight excluding hydrogens is 424 g/mol. The lowest BCUT2D eigenvalue weighted by Gasteiger charge is -2.26. The van der Waals surface area contributed by atoms with Crippen LogP contribution in [-0.4, -0.2) is 57.7 Å². The zero-order valence-corrected chi connectivity index (χ0v) is 20.4. The number of amides is 1. The SMILES string of the molecule is CCN(CC)C1CCN(C(=O)c2nn(C)c(-c3ccccc3-c3cc4ccccc4o3)c2C)C1. The molecule has 2 aromatic heterocycles. The van der Waals surface area contributed by atoms with Crippen LogP contribution < -0.4 is 0 Å². The monoisotopic (exact) mass is 456 g/mol. The highest BCUT2D eigenvalue weighted by molar-refractivity contribution is 5.97.